The highest BCUT2D eigenvalue weighted by Crippen LogP contribution is 2.65. The molecule has 1 heterocycles. The van der Waals surface area contributed by atoms with Gasteiger partial charge in [0.2, 0.25) is 0 Å². The van der Waals surface area contributed by atoms with Gasteiger partial charge in [0.05, 0.1) is 0 Å². The van der Waals surface area contributed by atoms with Crippen molar-refractivity contribution in [2.24, 2.45) is 0 Å². The van der Waals surface area contributed by atoms with E-state index < -0.39 is 0 Å². The second kappa shape index (κ2) is 16.8. The fourth-order valence-electron chi connectivity index (χ4n) is 19.4. The lowest BCUT2D eigenvalue weighted by Crippen LogP contribution is -2.24. The highest BCUT2D eigenvalue weighted by molar-refractivity contribution is 6.13. The molecule has 0 unspecified atom stereocenters. The summed E-state index contributed by atoms with van der Waals surface area (Å²) in [4.78, 5) is 17.8. The number of aromatic nitrogens is 3. The summed E-state index contributed by atoms with van der Waals surface area (Å²) in [6.07, 6.45) is 0. The molecule has 12 aromatic carbocycles. The first-order valence-corrected chi connectivity index (χ1v) is 32.5. The van der Waals surface area contributed by atoms with Gasteiger partial charge in [-0.2, -0.15) is 0 Å². The Morgan fingerprint density at radius 1 is 0.189 bits per heavy atom. The summed E-state index contributed by atoms with van der Waals surface area (Å²) < 4.78 is 0. The molecule has 0 aliphatic heterocycles. The van der Waals surface area contributed by atoms with Gasteiger partial charge in [0, 0.05) is 49.2 Å². The van der Waals surface area contributed by atoms with Gasteiger partial charge in [0.1, 0.15) is 0 Å². The SMILES string of the molecule is CC1(C)c2ccccc2-c2ccc3c(c21)C(C)(C)c1cc(-c2nc(-c4cc5c(c6ccccc46)-c4ccc6c(c4C5(C)C)C(C)(C)c4ccccc4-6)nc(-c4cc5c(c6ccccc46)-c4ccc6c(c4C5(C)C)C(C)(C)c4ccccc4-6)n2)c2ccccc2c1-3. The van der Waals surface area contributed by atoms with Crippen molar-refractivity contribution in [3.8, 4) is 101 Å². The van der Waals surface area contributed by atoms with E-state index in [1.807, 2.05) is 0 Å². The van der Waals surface area contributed by atoms with Crippen molar-refractivity contribution in [3.05, 3.63) is 267 Å². The van der Waals surface area contributed by atoms with E-state index in [-0.39, 0.29) is 32.5 Å². The monoisotopic (exact) mass is 1160 g/mol. The molecular formula is C87H69N3. The zero-order chi connectivity index (χ0) is 61.2. The van der Waals surface area contributed by atoms with Crippen LogP contribution in [0.15, 0.2) is 200 Å². The molecular weight excluding hydrogens is 1090 g/mol. The number of benzene rings is 12. The lowest BCUT2D eigenvalue weighted by Gasteiger charge is -2.31. The number of hydrogen-bond donors (Lipinski definition) is 0. The van der Waals surface area contributed by atoms with E-state index in [1.165, 1.54) is 150 Å². The van der Waals surface area contributed by atoms with Crippen molar-refractivity contribution in [2.75, 3.05) is 0 Å². The average Bonchev–Trinajstić information content (AvgIpc) is 1.54. The van der Waals surface area contributed by atoms with Crippen LogP contribution in [0.1, 0.15) is 150 Å². The molecule has 0 saturated carbocycles. The lowest BCUT2D eigenvalue weighted by molar-refractivity contribution is 0.601. The summed E-state index contributed by atoms with van der Waals surface area (Å²) in [7, 11) is 0. The quantitative estimate of drug-likeness (QED) is 0.177. The third-order valence-electron chi connectivity index (χ3n) is 23.4. The van der Waals surface area contributed by atoms with E-state index in [2.05, 4.69) is 283 Å². The summed E-state index contributed by atoms with van der Waals surface area (Å²) in [6, 6.07) is 76.2. The van der Waals surface area contributed by atoms with E-state index in [4.69, 9.17) is 15.0 Å². The maximum absolute atomic E-state index is 5.93. The highest BCUT2D eigenvalue weighted by atomic mass is 15.0. The zero-order valence-electron chi connectivity index (χ0n) is 53.4. The van der Waals surface area contributed by atoms with Crippen LogP contribution >= 0.6 is 0 Å². The third-order valence-corrected chi connectivity index (χ3v) is 23.4. The van der Waals surface area contributed by atoms with Gasteiger partial charge in [-0.3, -0.25) is 0 Å². The van der Waals surface area contributed by atoms with Crippen LogP contribution in [0.4, 0.5) is 0 Å². The van der Waals surface area contributed by atoms with E-state index in [9.17, 15) is 0 Å². The fourth-order valence-corrected chi connectivity index (χ4v) is 19.4. The van der Waals surface area contributed by atoms with Crippen LogP contribution in [0, 0.1) is 0 Å². The Morgan fingerprint density at radius 2 is 0.400 bits per heavy atom. The molecule has 432 valence electrons. The Bertz CT molecular complexity index is 4990. The van der Waals surface area contributed by atoms with Crippen molar-refractivity contribution < 1.29 is 0 Å². The molecule has 1 aromatic heterocycles. The van der Waals surface area contributed by atoms with Crippen molar-refractivity contribution in [1.29, 1.82) is 0 Å². The molecule has 0 fully saturated rings. The van der Waals surface area contributed by atoms with E-state index in [1.54, 1.807) is 0 Å². The average molecular weight is 1160 g/mol. The number of nitrogens with zero attached hydrogens (tertiary/aromatic N) is 3. The maximum Gasteiger partial charge on any atom is 0.164 e. The number of rotatable bonds is 3. The topological polar surface area (TPSA) is 38.7 Å². The standard InChI is InChI=1S/C87H69N3/c1-82(2)64-34-22-19-28-49(64)55-37-40-58-70-52-31-16-13-25-46(52)61(43-67(70)85(7,8)76(58)73(55)82)79-88-80(62-44-68-71(53-32-17-14-26-47(53)62)59-41-38-56-50-29-20-23-35-65(50)83(3,4)74(56)77(59)86(68,9)10)90-81(89-79)63-45-69-72(54-33-18-15-27-48(54)63)60-42-39-57-51-30-21-24-36-66(51)84(5,6)75(57)78(60)87(69,11)12/h13-45H,1-12H3. The summed E-state index contributed by atoms with van der Waals surface area (Å²) in [5, 5.41) is 7.04. The molecule has 0 radical (unpaired) electrons. The smallest absolute Gasteiger partial charge is 0.164 e. The van der Waals surface area contributed by atoms with Gasteiger partial charge < -0.3 is 0 Å². The van der Waals surface area contributed by atoms with Gasteiger partial charge in [-0.05, 0) is 184 Å². The molecule has 3 heteroatoms. The van der Waals surface area contributed by atoms with Crippen LogP contribution in [0.5, 0.6) is 0 Å². The molecule has 13 aromatic rings. The predicted octanol–water partition coefficient (Wildman–Crippen LogP) is 22.2. The maximum atomic E-state index is 5.93. The summed E-state index contributed by atoms with van der Waals surface area (Å²) in [5.74, 6) is 2.02. The Morgan fingerprint density at radius 3 is 0.678 bits per heavy atom. The molecule has 6 aliphatic rings. The Labute approximate surface area is 527 Å². The normalized spacial score (nSPS) is 17.2. The summed E-state index contributed by atoms with van der Waals surface area (Å²) in [6.45, 7) is 29.3. The van der Waals surface area contributed by atoms with Crippen molar-refractivity contribution in [3.63, 3.8) is 0 Å². The van der Waals surface area contributed by atoms with Gasteiger partial charge in [-0.15, -0.1) is 0 Å². The van der Waals surface area contributed by atoms with Gasteiger partial charge in [0.25, 0.3) is 0 Å². The minimum absolute atomic E-state index is 0.182. The van der Waals surface area contributed by atoms with Gasteiger partial charge in [-0.25, -0.2) is 15.0 Å². The van der Waals surface area contributed by atoms with Gasteiger partial charge in [0.15, 0.2) is 17.5 Å². The fraction of sp³-hybridized carbons (Fsp3) is 0.207. The third kappa shape index (κ3) is 6.20. The van der Waals surface area contributed by atoms with Crippen molar-refractivity contribution >= 4 is 32.3 Å². The predicted molar refractivity (Wildman–Crippen MR) is 374 cm³/mol. The Hall–Kier alpha value is -9.57. The molecule has 0 bridgehead atoms. The molecule has 0 saturated heterocycles. The van der Waals surface area contributed by atoms with Gasteiger partial charge in [-0.1, -0.05) is 265 Å². The Balaban J connectivity index is 0.878. The van der Waals surface area contributed by atoms with Crippen molar-refractivity contribution in [2.45, 2.75) is 116 Å². The Kier molecular flexibility index (Phi) is 9.79. The van der Waals surface area contributed by atoms with Crippen LogP contribution in [-0.2, 0) is 32.5 Å². The second-order valence-electron chi connectivity index (χ2n) is 30.1. The first kappa shape index (κ1) is 52.4. The highest BCUT2D eigenvalue weighted by Gasteiger charge is 2.50. The van der Waals surface area contributed by atoms with Crippen LogP contribution in [-0.4, -0.2) is 15.0 Å². The zero-order valence-corrected chi connectivity index (χ0v) is 53.4. The summed E-state index contributed by atoms with van der Waals surface area (Å²) in [5.41, 5.74) is 34.1. The van der Waals surface area contributed by atoms with E-state index in [0.717, 1.165) is 32.8 Å². The minimum atomic E-state index is -0.355. The molecule has 3 nitrogen and oxygen atoms in total. The van der Waals surface area contributed by atoms with E-state index >= 15 is 0 Å². The van der Waals surface area contributed by atoms with Crippen LogP contribution in [0.25, 0.3) is 133 Å². The van der Waals surface area contributed by atoms with Gasteiger partial charge >= 0.3 is 0 Å². The summed E-state index contributed by atoms with van der Waals surface area (Å²) >= 11 is 0. The van der Waals surface area contributed by atoms with E-state index in [0.29, 0.717) is 17.5 Å². The first-order chi connectivity index (χ1) is 43.2. The van der Waals surface area contributed by atoms with Crippen LogP contribution in [0.2, 0.25) is 0 Å². The number of fused-ring (bicyclic) bond motifs is 27. The largest absolute Gasteiger partial charge is 0.208 e. The molecule has 0 N–H and O–H groups in total. The second-order valence-corrected chi connectivity index (χ2v) is 30.1. The molecule has 0 amide bonds. The molecule has 19 rings (SSSR count). The first-order valence-electron chi connectivity index (χ1n) is 32.5. The molecule has 6 aliphatic carbocycles. The minimum Gasteiger partial charge on any atom is -0.208 e. The molecule has 0 spiro atoms. The molecule has 0 atom stereocenters. The van der Waals surface area contributed by atoms with Crippen LogP contribution in [0.3, 0.4) is 0 Å². The lowest BCUT2D eigenvalue weighted by atomic mass is 9.72. The molecule has 90 heavy (non-hydrogen) atoms. The van der Waals surface area contributed by atoms with Crippen molar-refractivity contribution in [1.82, 2.24) is 15.0 Å². The number of hydrogen-bond acceptors (Lipinski definition) is 3. The van der Waals surface area contributed by atoms with Crippen LogP contribution < -0.4 is 0 Å².